The third kappa shape index (κ3) is 4.78. The molecule has 30 heavy (non-hydrogen) atoms. The number of nitrogens with zero attached hydrogens (tertiary/aromatic N) is 5. The Labute approximate surface area is 171 Å². The van der Waals surface area contributed by atoms with Crippen molar-refractivity contribution in [3.63, 3.8) is 0 Å². The first kappa shape index (κ1) is 20.7. The molecule has 1 saturated heterocycles. The highest BCUT2D eigenvalue weighted by Crippen LogP contribution is 2.29. The van der Waals surface area contributed by atoms with Gasteiger partial charge in [0.1, 0.15) is 12.0 Å². The minimum absolute atomic E-state index is 0.0872. The quantitative estimate of drug-likeness (QED) is 0.809. The summed E-state index contributed by atoms with van der Waals surface area (Å²) >= 11 is 0. The molecule has 8 nitrogen and oxygen atoms in total. The first-order chi connectivity index (χ1) is 14.4. The molecule has 2 fully saturated rings. The third-order valence-corrected chi connectivity index (χ3v) is 5.57. The maximum absolute atomic E-state index is 13.3. The Morgan fingerprint density at radius 1 is 1.13 bits per heavy atom. The minimum atomic E-state index is -4.69. The van der Waals surface area contributed by atoms with Crippen LogP contribution in [0.4, 0.5) is 13.2 Å². The molecular formula is C19H23F3N6O2. The number of aromatic nitrogens is 4. The van der Waals surface area contributed by atoms with Crippen molar-refractivity contribution in [3.05, 3.63) is 36.2 Å². The second kappa shape index (κ2) is 8.68. The fourth-order valence-electron chi connectivity index (χ4n) is 3.98. The van der Waals surface area contributed by atoms with Crippen LogP contribution in [0.15, 0.2) is 24.8 Å². The molecule has 4 rings (SSSR count). The van der Waals surface area contributed by atoms with Gasteiger partial charge in [-0.15, -0.1) is 0 Å². The SMILES string of the molecule is O=C(NC1CCC(N2CCOCC2)CC1)c1cc(C(F)(F)F)nc(-n2ccnc2)n1. The lowest BCUT2D eigenvalue weighted by Crippen LogP contribution is -2.47. The van der Waals surface area contributed by atoms with Crippen LogP contribution in [-0.4, -0.2) is 68.7 Å². The molecule has 1 amide bonds. The molecule has 0 aromatic carbocycles. The Balaban J connectivity index is 1.44. The molecule has 0 radical (unpaired) electrons. The lowest BCUT2D eigenvalue weighted by Gasteiger charge is -2.38. The summed E-state index contributed by atoms with van der Waals surface area (Å²) in [7, 11) is 0. The fraction of sp³-hybridized carbons (Fsp3) is 0.579. The lowest BCUT2D eigenvalue weighted by atomic mass is 9.90. The number of nitrogens with one attached hydrogen (secondary N) is 1. The number of alkyl halides is 3. The van der Waals surface area contributed by atoms with E-state index in [4.69, 9.17) is 4.74 Å². The molecule has 2 aliphatic rings. The van der Waals surface area contributed by atoms with Crippen LogP contribution in [0.5, 0.6) is 0 Å². The van der Waals surface area contributed by atoms with E-state index >= 15 is 0 Å². The van der Waals surface area contributed by atoms with Gasteiger partial charge < -0.3 is 10.1 Å². The summed E-state index contributed by atoms with van der Waals surface area (Å²) in [4.78, 5) is 26.4. The van der Waals surface area contributed by atoms with E-state index in [1.54, 1.807) is 0 Å². The zero-order valence-corrected chi connectivity index (χ0v) is 16.3. The highest BCUT2D eigenvalue weighted by molar-refractivity contribution is 5.92. The Morgan fingerprint density at radius 2 is 1.87 bits per heavy atom. The number of amides is 1. The van der Waals surface area contributed by atoms with Gasteiger partial charge in [-0.05, 0) is 25.7 Å². The second-order valence-electron chi connectivity index (χ2n) is 7.53. The highest BCUT2D eigenvalue weighted by Gasteiger charge is 2.35. The van der Waals surface area contributed by atoms with Crippen molar-refractivity contribution in [2.24, 2.45) is 0 Å². The second-order valence-corrected chi connectivity index (χ2v) is 7.53. The first-order valence-electron chi connectivity index (χ1n) is 9.97. The normalized spacial score (nSPS) is 23.3. The van der Waals surface area contributed by atoms with Gasteiger partial charge in [0.25, 0.3) is 5.91 Å². The molecule has 1 aliphatic carbocycles. The Morgan fingerprint density at radius 3 is 2.50 bits per heavy atom. The molecule has 0 atom stereocenters. The highest BCUT2D eigenvalue weighted by atomic mass is 19.4. The van der Waals surface area contributed by atoms with Crippen LogP contribution in [0.2, 0.25) is 0 Å². The van der Waals surface area contributed by atoms with Gasteiger partial charge in [0.2, 0.25) is 5.95 Å². The zero-order valence-electron chi connectivity index (χ0n) is 16.3. The van der Waals surface area contributed by atoms with Gasteiger partial charge in [-0.2, -0.15) is 13.2 Å². The van der Waals surface area contributed by atoms with Crippen LogP contribution in [0.1, 0.15) is 41.9 Å². The molecule has 1 N–H and O–H groups in total. The summed E-state index contributed by atoms with van der Waals surface area (Å²) in [5.74, 6) is -0.873. The number of carbonyl (C=O) groups is 1. The van der Waals surface area contributed by atoms with E-state index in [0.717, 1.165) is 52.0 Å². The Kier molecular flexibility index (Phi) is 6.00. The van der Waals surface area contributed by atoms with Gasteiger partial charge in [-0.25, -0.2) is 15.0 Å². The van der Waals surface area contributed by atoms with Crippen LogP contribution in [0, 0.1) is 0 Å². The average molecular weight is 424 g/mol. The van der Waals surface area contributed by atoms with Crippen molar-refractivity contribution >= 4 is 5.91 Å². The number of ether oxygens (including phenoxy) is 1. The minimum Gasteiger partial charge on any atom is -0.379 e. The standard InChI is InChI=1S/C19H23F3N6O2/c20-19(21,22)16-11-15(25-18(26-16)28-6-5-23-12-28)17(29)24-13-1-3-14(4-2-13)27-7-9-30-10-8-27/h5-6,11-14H,1-4,7-10H2,(H,24,29). The van der Waals surface area contributed by atoms with Gasteiger partial charge in [0.05, 0.1) is 13.2 Å². The van der Waals surface area contributed by atoms with Crippen molar-refractivity contribution in [2.45, 2.75) is 43.9 Å². The molecular weight excluding hydrogens is 401 g/mol. The van der Waals surface area contributed by atoms with Gasteiger partial charge in [-0.1, -0.05) is 0 Å². The van der Waals surface area contributed by atoms with E-state index in [9.17, 15) is 18.0 Å². The van der Waals surface area contributed by atoms with Crippen LogP contribution < -0.4 is 5.32 Å². The molecule has 2 aromatic rings. The number of morpholine rings is 1. The molecule has 0 spiro atoms. The molecule has 0 unspecified atom stereocenters. The van der Waals surface area contributed by atoms with E-state index in [2.05, 4.69) is 25.2 Å². The van der Waals surface area contributed by atoms with Crippen LogP contribution in [0.25, 0.3) is 5.95 Å². The molecule has 0 bridgehead atoms. The van der Waals surface area contributed by atoms with E-state index in [1.807, 2.05) is 0 Å². The Hall–Kier alpha value is -2.53. The van der Waals surface area contributed by atoms with E-state index < -0.39 is 17.8 Å². The fourth-order valence-corrected chi connectivity index (χ4v) is 3.98. The van der Waals surface area contributed by atoms with Crippen molar-refractivity contribution in [2.75, 3.05) is 26.3 Å². The molecule has 11 heteroatoms. The predicted molar refractivity (Wildman–Crippen MR) is 100 cm³/mol. The van der Waals surface area contributed by atoms with Crippen molar-refractivity contribution in [3.8, 4) is 5.95 Å². The summed E-state index contributed by atoms with van der Waals surface area (Å²) in [6.45, 7) is 3.32. The van der Waals surface area contributed by atoms with Gasteiger partial charge in [0.15, 0.2) is 5.69 Å². The average Bonchev–Trinajstić information content (AvgIpc) is 3.29. The molecule has 1 saturated carbocycles. The smallest absolute Gasteiger partial charge is 0.379 e. The van der Waals surface area contributed by atoms with E-state index in [-0.39, 0.29) is 17.7 Å². The number of rotatable bonds is 4. The van der Waals surface area contributed by atoms with Crippen LogP contribution in [-0.2, 0) is 10.9 Å². The maximum Gasteiger partial charge on any atom is 0.433 e. The monoisotopic (exact) mass is 424 g/mol. The summed E-state index contributed by atoms with van der Waals surface area (Å²) in [6.07, 6.45) is 2.83. The van der Waals surface area contributed by atoms with Crippen LogP contribution >= 0.6 is 0 Å². The van der Waals surface area contributed by atoms with Crippen LogP contribution in [0.3, 0.4) is 0 Å². The van der Waals surface area contributed by atoms with Gasteiger partial charge in [0, 0.05) is 43.6 Å². The maximum atomic E-state index is 13.3. The van der Waals surface area contributed by atoms with Gasteiger partial charge in [-0.3, -0.25) is 14.3 Å². The molecule has 2 aromatic heterocycles. The summed E-state index contributed by atoms with van der Waals surface area (Å²) in [6, 6.07) is 1.07. The predicted octanol–water partition coefficient (Wildman–Crippen LogP) is 2.05. The van der Waals surface area contributed by atoms with E-state index in [0.29, 0.717) is 12.1 Å². The van der Waals surface area contributed by atoms with Crippen molar-refractivity contribution in [1.82, 2.24) is 29.7 Å². The zero-order chi connectivity index (χ0) is 21.1. The Bertz CT molecular complexity index is 860. The van der Waals surface area contributed by atoms with Crippen molar-refractivity contribution in [1.29, 1.82) is 0 Å². The molecule has 162 valence electrons. The number of carbonyl (C=O) groups excluding carboxylic acids is 1. The molecule has 1 aliphatic heterocycles. The summed E-state index contributed by atoms with van der Waals surface area (Å²) in [5, 5.41) is 2.85. The first-order valence-corrected chi connectivity index (χ1v) is 9.97. The largest absolute Gasteiger partial charge is 0.433 e. The summed E-state index contributed by atoms with van der Waals surface area (Å²) < 4.78 is 46.4. The number of imidazole rings is 1. The number of hydrogen-bond donors (Lipinski definition) is 1. The lowest BCUT2D eigenvalue weighted by molar-refractivity contribution is -0.141. The van der Waals surface area contributed by atoms with E-state index in [1.165, 1.54) is 23.3 Å². The topological polar surface area (TPSA) is 85.2 Å². The third-order valence-electron chi connectivity index (χ3n) is 5.57. The molecule has 3 heterocycles. The number of halogens is 3. The van der Waals surface area contributed by atoms with Gasteiger partial charge >= 0.3 is 6.18 Å². The summed E-state index contributed by atoms with van der Waals surface area (Å²) in [5.41, 5.74) is -1.47. The number of hydrogen-bond acceptors (Lipinski definition) is 6. The van der Waals surface area contributed by atoms with Crippen molar-refractivity contribution < 1.29 is 22.7 Å².